The Kier molecular flexibility index (Phi) is 32.3. The van der Waals surface area contributed by atoms with Crippen molar-refractivity contribution in [3.8, 4) is 0 Å². The first-order valence-electron chi connectivity index (χ1n) is 25.7. The summed E-state index contributed by atoms with van der Waals surface area (Å²) in [5, 5.41) is 8.16. The van der Waals surface area contributed by atoms with Gasteiger partial charge in [0.25, 0.3) is 0 Å². The summed E-state index contributed by atoms with van der Waals surface area (Å²) in [5.41, 5.74) is 10.1. The summed E-state index contributed by atoms with van der Waals surface area (Å²) < 4.78 is 0. The summed E-state index contributed by atoms with van der Waals surface area (Å²) >= 11 is 0. The van der Waals surface area contributed by atoms with Gasteiger partial charge in [0.2, 0.25) is 0 Å². The fourth-order valence-electron chi connectivity index (χ4n) is 10.8. The SMILES string of the molecule is C1=C\CC/C=C\CC/1.C1=C\CC/C=C\CC/1.CC(C)[PH+](c1cccc2c1C([PH+](C(C)C)C(C)C)[CH-]C=C2)C(C)C.CC(C)[PH+](c1cccc2cccc([PH+](C(C)C)C(C)C)c12)C(C)C.[Ni].[Ni]. The summed E-state index contributed by atoms with van der Waals surface area (Å²) in [6.45, 7) is 38.9. The van der Waals surface area contributed by atoms with Crippen LogP contribution in [0.2, 0.25) is 0 Å². The molecular weight excluding hydrogens is 962 g/mol. The molecule has 66 heavy (non-hydrogen) atoms. The van der Waals surface area contributed by atoms with E-state index in [1.807, 2.05) is 0 Å². The zero-order chi connectivity index (χ0) is 47.3. The van der Waals surface area contributed by atoms with Gasteiger partial charge in [-0.1, -0.05) is 90.6 Å². The zero-order valence-corrected chi connectivity index (χ0v) is 50.5. The summed E-state index contributed by atoms with van der Waals surface area (Å²) in [6.07, 6.45) is 35.2. The van der Waals surface area contributed by atoms with Gasteiger partial charge in [-0.15, -0.1) is 0 Å². The van der Waals surface area contributed by atoms with E-state index in [1.165, 1.54) is 62.3 Å². The van der Waals surface area contributed by atoms with Crippen molar-refractivity contribution in [1.82, 2.24) is 0 Å². The first-order chi connectivity index (χ1) is 30.5. The van der Waals surface area contributed by atoms with Crippen LogP contribution >= 0.6 is 31.7 Å². The second-order valence-corrected chi connectivity index (χ2v) is 36.1. The molecule has 0 N–H and O–H groups in total. The summed E-state index contributed by atoms with van der Waals surface area (Å²) in [6, 6.07) is 21.2. The molecule has 3 aromatic carbocycles. The van der Waals surface area contributed by atoms with Crippen LogP contribution < -0.4 is 15.9 Å². The Bertz CT molecular complexity index is 1760. The molecule has 0 saturated carbocycles. The Balaban J connectivity index is 0.000000484. The van der Waals surface area contributed by atoms with Crippen LogP contribution in [0.25, 0.3) is 16.8 Å². The van der Waals surface area contributed by atoms with Gasteiger partial charge >= 0.3 is 0 Å². The zero-order valence-electron chi connectivity index (χ0n) is 44.5. The van der Waals surface area contributed by atoms with Gasteiger partial charge < -0.3 is 0 Å². The minimum absolute atomic E-state index is 0. The van der Waals surface area contributed by atoms with E-state index in [0.29, 0.717) is 5.66 Å². The smallest absolute Gasteiger partial charge is 0.104 e. The second kappa shape index (κ2) is 33.7. The van der Waals surface area contributed by atoms with Crippen molar-refractivity contribution in [2.24, 2.45) is 0 Å². The number of benzene rings is 3. The van der Waals surface area contributed by atoms with E-state index in [9.17, 15) is 0 Å². The van der Waals surface area contributed by atoms with Crippen LogP contribution in [0.15, 0.2) is 109 Å². The largest absolute Gasteiger partial charge is 0.224 e. The van der Waals surface area contributed by atoms with Crippen LogP contribution in [0.3, 0.4) is 0 Å². The predicted octanol–water partition coefficient (Wildman–Crippen LogP) is 18.1. The standard InChI is InChI=1S/C22H35P2.C22H34P2.2C8H12.2Ni/c2*1-15(2)23(16(3)4)20-13-9-11-19-12-10-14-21(22(19)20)24(17(5)6)18(7)8;2*1-2-4-6-8-7-5-3-1;;/h9-18,20H,1-8H3;9-18H,1-8H3;2*1-2,7-8H,3-6H2;;/q-1;;;;;/p+4/b;;2*2-1-,8-7-;;. The Hall–Kier alpha value is -0.803. The average Bonchev–Trinajstić information content (AvgIpc) is 3.17. The fraction of sp³-hybridized carbons (Fsp3) is 0.550. The third-order valence-electron chi connectivity index (χ3n) is 13.0. The topological polar surface area (TPSA) is 0 Å². The second-order valence-electron chi connectivity index (χ2n) is 20.8. The van der Waals surface area contributed by atoms with Crippen molar-refractivity contribution < 1.29 is 33.0 Å². The molecule has 3 aliphatic rings. The van der Waals surface area contributed by atoms with Crippen LogP contribution in [0, 0.1) is 6.42 Å². The average molecular weight is 1060 g/mol. The van der Waals surface area contributed by atoms with Crippen LogP contribution in [0.4, 0.5) is 0 Å². The molecule has 0 saturated heterocycles. The van der Waals surface area contributed by atoms with Gasteiger partial charge in [-0.2, -0.15) is 6.42 Å². The summed E-state index contributed by atoms with van der Waals surface area (Å²) in [7, 11) is -2.18. The summed E-state index contributed by atoms with van der Waals surface area (Å²) in [4.78, 5) is 0. The molecule has 6 heteroatoms. The molecule has 1 unspecified atom stereocenters. The maximum Gasteiger partial charge on any atom is 0.104 e. The number of allylic oxidation sites excluding steroid dienone is 9. The van der Waals surface area contributed by atoms with E-state index < -0.39 is 31.7 Å². The molecule has 374 valence electrons. The molecule has 6 rings (SSSR count). The fourth-order valence-corrected chi connectivity index (χ4v) is 25.1. The van der Waals surface area contributed by atoms with Gasteiger partial charge in [-0.3, -0.25) is 0 Å². The Morgan fingerprint density at radius 3 is 1.02 bits per heavy atom. The summed E-state index contributed by atoms with van der Waals surface area (Å²) in [5.74, 6) is 0. The van der Waals surface area contributed by atoms with E-state index in [1.54, 1.807) is 26.9 Å². The Morgan fingerprint density at radius 2 is 0.697 bits per heavy atom. The van der Waals surface area contributed by atoms with Gasteiger partial charge in [0, 0.05) is 70.2 Å². The van der Waals surface area contributed by atoms with E-state index in [4.69, 9.17) is 0 Å². The van der Waals surface area contributed by atoms with Crippen molar-refractivity contribution >= 4 is 64.4 Å². The number of hydrogen-bond acceptors (Lipinski definition) is 0. The van der Waals surface area contributed by atoms with E-state index in [2.05, 4.69) is 233 Å². The Labute approximate surface area is 434 Å². The molecule has 0 bridgehead atoms. The van der Waals surface area contributed by atoms with Gasteiger partial charge in [-0.25, -0.2) is 12.2 Å². The first kappa shape index (κ1) is 63.2. The predicted molar refractivity (Wildman–Crippen MR) is 313 cm³/mol. The normalized spacial score (nSPS) is 17.8. The van der Waals surface area contributed by atoms with Gasteiger partial charge in [0.15, 0.2) is 0 Å². The number of rotatable bonds is 12. The molecule has 0 aromatic heterocycles. The van der Waals surface area contributed by atoms with Crippen LogP contribution in [-0.2, 0) is 33.0 Å². The minimum Gasteiger partial charge on any atom is -0.224 e. The van der Waals surface area contributed by atoms with Crippen molar-refractivity contribution in [3.05, 3.63) is 127 Å². The Morgan fingerprint density at radius 1 is 0.394 bits per heavy atom. The van der Waals surface area contributed by atoms with Crippen molar-refractivity contribution in [2.45, 2.75) is 213 Å². The quantitative estimate of drug-likeness (QED) is 0.0734. The third kappa shape index (κ3) is 19.8. The van der Waals surface area contributed by atoms with Crippen molar-refractivity contribution in [2.75, 3.05) is 0 Å². The van der Waals surface area contributed by atoms with E-state index in [-0.39, 0.29) is 33.0 Å². The minimum atomic E-state index is -0.571. The van der Waals surface area contributed by atoms with Crippen molar-refractivity contribution in [3.63, 3.8) is 0 Å². The molecule has 0 radical (unpaired) electrons. The molecule has 1 atom stereocenters. The van der Waals surface area contributed by atoms with E-state index in [0.717, 1.165) is 45.3 Å². The maximum absolute atomic E-state index is 2.53. The molecule has 0 spiro atoms. The number of hydrogen-bond donors (Lipinski definition) is 0. The molecule has 0 fully saturated rings. The molecule has 3 aliphatic carbocycles. The van der Waals surface area contributed by atoms with Gasteiger partial charge in [-0.05, 0) is 186 Å². The maximum atomic E-state index is 2.53. The molecule has 0 amide bonds. The molecular formula is C60H97Ni2P4+3. The van der Waals surface area contributed by atoms with Crippen LogP contribution in [0.1, 0.15) is 179 Å². The molecule has 0 heterocycles. The third-order valence-corrected chi connectivity index (χ3v) is 27.4. The van der Waals surface area contributed by atoms with E-state index >= 15 is 0 Å². The van der Waals surface area contributed by atoms with Crippen LogP contribution in [0.5, 0.6) is 0 Å². The molecule has 0 nitrogen and oxygen atoms in total. The monoisotopic (exact) mass is 1060 g/mol. The molecule has 0 aliphatic heterocycles. The molecule has 3 aromatic rings. The van der Waals surface area contributed by atoms with Gasteiger partial charge in [0.05, 0.1) is 61.6 Å². The first-order valence-corrected chi connectivity index (χ1v) is 32.4. The van der Waals surface area contributed by atoms with Crippen LogP contribution in [-0.4, -0.2) is 45.3 Å². The van der Waals surface area contributed by atoms with Gasteiger partial charge in [0.1, 0.15) is 10.6 Å². The number of fused-ring (bicyclic) bond motifs is 2. The van der Waals surface area contributed by atoms with Crippen molar-refractivity contribution in [1.29, 1.82) is 0 Å².